The van der Waals surface area contributed by atoms with Crippen molar-refractivity contribution in [1.82, 2.24) is 5.32 Å². The van der Waals surface area contributed by atoms with Crippen molar-refractivity contribution in [2.24, 2.45) is 11.8 Å². The second-order valence-electron chi connectivity index (χ2n) is 6.29. The fraction of sp³-hybridized carbons (Fsp3) is 0.647. The van der Waals surface area contributed by atoms with E-state index < -0.39 is 6.10 Å². The highest BCUT2D eigenvalue weighted by molar-refractivity contribution is 5.17. The van der Waals surface area contributed by atoms with Crippen molar-refractivity contribution >= 4 is 0 Å². The standard InChI is InChI=1S/C17H29NO/c1-13(2)10-16(11-14(3)4)18-12-17(19)15-8-6-5-7-9-15/h5-9,13-14,16-19H,10-12H2,1-4H3. The van der Waals surface area contributed by atoms with Gasteiger partial charge in [-0.1, -0.05) is 58.0 Å². The lowest BCUT2D eigenvalue weighted by molar-refractivity contribution is 0.165. The van der Waals surface area contributed by atoms with E-state index in [1.807, 2.05) is 30.3 Å². The normalized spacial score (nSPS) is 13.5. The summed E-state index contributed by atoms with van der Waals surface area (Å²) >= 11 is 0. The zero-order valence-corrected chi connectivity index (χ0v) is 12.8. The van der Waals surface area contributed by atoms with Crippen LogP contribution in [0.2, 0.25) is 0 Å². The molecular weight excluding hydrogens is 234 g/mol. The Hall–Kier alpha value is -0.860. The molecule has 1 aromatic carbocycles. The number of aliphatic hydroxyl groups is 1. The number of nitrogens with one attached hydrogen (secondary N) is 1. The van der Waals surface area contributed by atoms with Crippen LogP contribution < -0.4 is 5.32 Å². The Labute approximate surface area is 118 Å². The van der Waals surface area contributed by atoms with Gasteiger partial charge in [-0.3, -0.25) is 0 Å². The molecule has 0 aromatic heterocycles. The third-order valence-corrected chi connectivity index (χ3v) is 3.30. The summed E-state index contributed by atoms with van der Waals surface area (Å²) in [6.45, 7) is 9.64. The van der Waals surface area contributed by atoms with E-state index in [-0.39, 0.29) is 0 Å². The lowest BCUT2D eigenvalue weighted by atomic mass is 9.95. The van der Waals surface area contributed by atoms with Gasteiger partial charge in [0.1, 0.15) is 0 Å². The van der Waals surface area contributed by atoms with Crippen LogP contribution in [-0.2, 0) is 0 Å². The number of aliphatic hydroxyl groups excluding tert-OH is 1. The Morgan fingerprint density at radius 3 is 1.95 bits per heavy atom. The highest BCUT2D eigenvalue weighted by Gasteiger charge is 2.14. The smallest absolute Gasteiger partial charge is 0.0914 e. The Morgan fingerprint density at radius 1 is 0.947 bits per heavy atom. The van der Waals surface area contributed by atoms with Gasteiger partial charge >= 0.3 is 0 Å². The van der Waals surface area contributed by atoms with Crippen molar-refractivity contribution in [3.8, 4) is 0 Å². The third kappa shape index (κ3) is 6.74. The molecule has 1 atom stereocenters. The van der Waals surface area contributed by atoms with Crippen LogP contribution in [0.25, 0.3) is 0 Å². The topological polar surface area (TPSA) is 32.3 Å². The number of hydrogen-bond donors (Lipinski definition) is 2. The maximum absolute atomic E-state index is 10.2. The Morgan fingerprint density at radius 2 is 1.47 bits per heavy atom. The Kier molecular flexibility index (Phi) is 7.11. The number of rotatable bonds is 8. The fourth-order valence-corrected chi connectivity index (χ4v) is 2.47. The fourth-order valence-electron chi connectivity index (χ4n) is 2.47. The van der Waals surface area contributed by atoms with Crippen LogP contribution in [0.5, 0.6) is 0 Å². The molecule has 2 N–H and O–H groups in total. The predicted octanol–water partition coefficient (Wildman–Crippen LogP) is 3.77. The molecule has 1 rings (SSSR count). The van der Waals surface area contributed by atoms with Crippen molar-refractivity contribution < 1.29 is 5.11 Å². The summed E-state index contributed by atoms with van der Waals surface area (Å²) in [6.07, 6.45) is 1.92. The van der Waals surface area contributed by atoms with E-state index in [4.69, 9.17) is 0 Å². The third-order valence-electron chi connectivity index (χ3n) is 3.30. The van der Waals surface area contributed by atoms with Crippen LogP contribution in [0.4, 0.5) is 0 Å². The van der Waals surface area contributed by atoms with E-state index in [0.29, 0.717) is 24.4 Å². The summed E-state index contributed by atoms with van der Waals surface area (Å²) in [7, 11) is 0. The average molecular weight is 263 g/mol. The molecule has 0 saturated heterocycles. The lowest BCUT2D eigenvalue weighted by Crippen LogP contribution is -2.35. The van der Waals surface area contributed by atoms with Gasteiger partial charge in [0.15, 0.2) is 0 Å². The highest BCUT2D eigenvalue weighted by Crippen LogP contribution is 2.16. The molecule has 2 nitrogen and oxygen atoms in total. The summed E-state index contributed by atoms with van der Waals surface area (Å²) in [6, 6.07) is 10.4. The van der Waals surface area contributed by atoms with Gasteiger partial charge in [0.05, 0.1) is 6.10 Å². The largest absolute Gasteiger partial charge is 0.387 e. The van der Waals surface area contributed by atoms with Crippen LogP contribution in [-0.4, -0.2) is 17.7 Å². The quantitative estimate of drug-likeness (QED) is 0.748. The van der Waals surface area contributed by atoms with E-state index >= 15 is 0 Å². The summed E-state index contributed by atoms with van der Waals surface area (Å²) in [5.74, 6) is 1.37. The summed E-state index contributed by atoms with van der Waals surface area (Å²) in [5.41, 5.74) is 0.989. The molecule has 2 heteroatoms. The number of hydrogen-bond acceptors (Lipinski definition) is 2. The second kappa shape index (κ2) is 8.34. The maximum Gasteiger partial charge on any atom is 0.0914 e. The first-order valence-corrected chi connectivity index (χ1v) is 7.45. The lowest BCUT2D eigenvalue weighted by Gasteiger charge is -2.24. The first kappa shape index (κ1) is 16.2. The molecule has 0 aliphatic heterocycles. The highest BCUT2D eigenvalue weighted by atomic mass is 16.3. The molecule has 0 heterocycles. The maximum atomic E-state index is 10.2. The monoisotopic (exact) mass is 263 g/mol. The molecule has 0 spiro atoms. The minimum atomic E-state index is -0.414. The second-order valence-corrected chi connectivity index (χ2v) is 6.29. The summed E-state index contributed by atoms with van der Waals surface area (Å²) < 4.78 is 0. The zero-order valence-electron chi connectivity index (χ0n) is 12.8. The molecule has 19 heavy (non-hydrogen) atoms. The Bertz CT molecular complexity index is 324. The zero-order chi connectivity index (χ0) is 14.3. The van der Waals surface area contributed by atoms with Crippen molar-refractivity contribution in [1.29, 1.82) is 0 Å². The van der Waals surface area contributed by atoms with Crippen molar-refractivity contribution in [2.45, 2.75) is 52.7 Å². The van der Waals surface area contributed by atoms with E-state index in [1.165, 1.54) is 12.8 Å². The SMILES string of the molecule is CC(C)CC(CC(C)C)NCC(O)c1ccccc1. The molecule has 0 fully saturated rings. The molecule has 0 aliphatic carbocycles. The van der Waals surface area contributed by atoms with Gasteiger partial charge in [0, 0.05) is 12.6 Å². The summed E-state index contributed by atoms with van der Waals surface area (Å²) in [4.78, 5) is 0. The van der Waals surface area contributed by atoms with Gasteiger partial charge < -0.3 is 10.4 Å². The minimum Gasteiger partial charge on any atom is -0.387 e. The van der Waals surface area contributed by atoms with Gasteiger partial charge in [-0.2, -0.15) is 0 Å². The van der Waals surface area contributed by atoms with Gasteiger partial charge in [0.25, 0.3) is 0 Å². The molecule has 0 radical (unpaired) electrons. The van der Waals surface area contributed by atoms with Gasteiger partial charge in [0.2, 0.25) is 0 Å². The van der Waals surface area contributed by atoms with Gasteiger partial charge in [-0.15, -0.1) is 0 Å². The molecular formula is C17H29NO. The van der Waals surface area contributed by atoms with Crippen molar-refractivity contribution in [3.63, 3.8) is 0 Å². The predicted molar refractivity (Wildman–Crippen MR) is 82.1 cm³/mol. The van der Waals surface area contributed by atoms with E-state index in [2.05, 4.69) is 33.0 Å². The molecule has 0 aliphatic rings. The molecule has 0 amide bonds. The van der Waals surface area contributed by atoms with Crippen LogP contribution in [0, 0.1) is 11.8 Å². The first-order valence-electron chi connectivity index (χ1n) is 7.45. The van der Waals surface area contributed by atoms with Gasteiger partial charge in [-0.25, -0.2) is 0 Å². The molecule has 1 unspecified atom stereocenters. The first-order chi connectivity index (χ1) is 8.99. The molecule has 0 bridgehead atoms. The minimum absolute atomic E-state index is 0.414. The van der Waals surface area contributed by atoms with E-state index in [0.717, 1.165) is 5.56 Å². The summed E-state index contributed by atoms with van der Waals surface area (Å²) in [5, 5.41) is 13.7. The van der Waals surface area contributed by atoms with Crippen LogP contribution in [0.15, 0.2) is 30.3 Å². The molecule has 108 valence electrons. The van der Waals surface area contributed by atoms with Gasteiger partial charge in [-0.05, 0) is 30.2 Å². The van der Waals surface area contributed by atoms with Crippen molar-refractivity contribution in [3.05, 3.63) is 35.9 Å². The van der Waals surface area contributed by atoms with Crippen molar-refractivity contribution in [2.75, 3.05) is 6.54 Å². The van der Waals surface area contributed by atoms with Crippen LogP contribution >= 0.6 is 0 Å². The van der Waals surface area contributed by atoms with Crippen LogP contribution in [0.3, 0.4) is 0 Å². The molecule has 1 aromatic rings. The number of benzene rings is 1. The molecule has 0 saturated carbocycles. The Balaban J connectivity index is 2.46. The van der Waals surface area contributed by atoms with Crippen LogP contribution in [0.1, 0.15) is 52.2 Å². The van der Waals surface area contributed by atoms with E-state index in [1.54, 1.807) is 0 Å². The average Bonchev–Trinajstić information content (AvgIpc) is 2.35. The van der Waals surface area contributed by atoms with E-state index in [9.17, 15) is 5.11 Å².